The molecule has 0 heterocycles. The van der Waals surface area contributed by atoms with Gasteiger partial charge in [0.05, 0.1) is 18.4 Å². The second-order valence-electron chi connectivity index (χ2n) is 3.36. The minimum atomic E-state index is -0.289. The van der Waals surface area contributed by atoms with Crippen molar-refractivity contribution in [2.45, 2.75) is 19.2 Å². The molecule has 0 unspecified atom stereocenters. The van der Waals surface area contributed by atoms with Gasteiger partial charge in [-0.25, -0.2) is 4.39 Å². The molecule has 1 aromatic carbocycles. The largest absolute Gasteiger partial charge is 0.370 e. The Bertz CT molecular complexity index is 387. The van der Waals surface area contributed by atoms with Gasteiger partial charge in [-0.2, -0.15) is 5.26 Å². The SMILES string of the molecule is CCN(CCC#N)c1cccc(F)c1CCl. The Labute approximate surface area is 100 Å². The molecule has 16 heavy (non-hydrogen) atoms. The Morgan fingerprint density at radius 3 is 2.81 bits per heavy atom. The summed E-state index contributed by atoms with van der Waals surface area (Å²) < 4.78 is 13.5. The number of rotatable bonds is 5. The van der Waals surface area contributed by atoms with Crippen LogP contribution in [0.1, 0.15) is 18.9 Å². The molecule has 0 saturated carbocycles. The van der Waals surface area contributed by atoms with Crippen molar-refractivity contribution in [2.75, 3.05) is 18.0 Å². The summed E-state index contributed by atoms with van der Waals surface area (Å²) in [6.07, 6.45) is 0.423. The first-order chi connectivity index (χ1) is 7.74. The zero-order valence-electron chi connectivity index (χ0n) is 9.21. The Morgan fingerprint density at radius 2 is 2.25 bits per heavy atom. The van der Waals surface area contributed by atoms with Crippen LogP contribution in [0.25, 0.3) is 0 Å². The van der Waals surface area contributed by atoms with Crippen LogP contribution in [0.2, 0.25) is 0 Å². The lowest BCUT2D eigenvalue weighted by atomic mass is 10.1. The molecule has 0 aromatic heterocycles. The molecule has 0 radical (unpaired) electrons. The highest BCUT2D eigenvalue weighted by atomic mass is 35.5. The average molecular weight is 241 g/mol. The van der Waals surface area contributed by atoms with Gasteiger partial charge in [0.2, 0.25) is 0 Å². The van der Waals surface area contributed by atoms with Gasteiger partial charge in [-0.3, -0.25) is 0 Å². The minimum Gasteiger partial charge on any atom is -0.370 e. The Balaban J connectivity index is 3.00. The first kappa shape index (κ1) is 12.8. The van der Waals surface area contributed by atoms with E-state index in [-0.39, 0.29) is 11.7 Å². The van der Waals surface area contributed by atoms with Gasteiger partial charge >= 0.3 is 0 Å². The number of alkyl halides is 1. The predicted octanol–water partition coefficient (Wildman–Crippen LogP) is 3.30. The number of benzene rings is 1. The molecule has 0 bridgehead atoms. The summed E-state index contributed by atoms with van der Waals surface area (Å²) in [6.45, 7) is 3.30. The molecule has 0 amide bonds. The summed E-state index contributed by atoms with van der Waals surface area (Å²) in [7, 11) is 0. The van der Waals surface area contributed by atoms with Crippen LogP contribution in [0.3, 0.4) is 0 Å². The molecule has 0 aliphatic rings. The normalized spacial score (nSPS) is 9.88. The monoisotopic (exact) mass is 240 g/mol. The van der Waals surface area contributed by atoms with Crippen molar-refractivity contribution in [1.82, 2.24) is 0 Å². The Kier molecular flexibility index (Phi) is 5.07. The highest BCUT2D eigenvalue weighted by Gasteiger charge is 2.12. The van der Waals surface area contributed by atoms with E-state index in [4.69, 9.17) is 16.9 Å². The molecule has 0 fully saturated rings. The third kappa shape index (κ3) is 2.86. The molecular weight excluding hydrogens is 227 g/mol. The van der Waals surface area contributed by atoms with E-state index in [0.717, 1.165) is 12.2 Å². The molecule has 0 N–H and O–H groups in total. The van der Waals surface area contributed by atoms with E-state index in [2.05, 4.69) is 6.07 Å². The molecule has 4 heteroatoms. The van der Waals surface area contributed by atoms with E-state index >= 15 is 0 Å². The van der Waals surface area contributed by atoms with Crippen molar-refractivity contribution in [3.8, 4) is 6.07 Å². The van der Waals surface area contributed by atoms with Crippen LogP contribution in [0.4, 0.5) is 10.1 Å². The Morgan fingerprint density at radius 1 is 1.50 bits per heavy atom. The minimum absolute atomic E-state index is 0.144. The molecule has 0 aliphatic heterocycles. The fraction of sp³-hybridized carbons (Fsp3) is 0.417. The zero-order valence-corrected chi connectivity index (χ0v) is 9.97. The summed E-state index contributed by atoms with van der Waals surface area (Å²) in [5.41, 5.74) is 1.29. The summed E-state index contributed by atoms with van der Waals surface area (Å²) in [6, 6.07) is 6.99. The predicted molar refractivity (Wildman–Crippen MR) is 64.1 cm³/mol. The number of hydrogen-bond acceptors (Lipinski definition) is 2. The number of halogens is 2. The summed E-state index contributed by atoms with van der Waals surface area (Å²) in [4.78, 5) is 1.96. The molecule has 1 rings (SSSR count). The topological polar surface area (TPSA) is 27.0 Å². The van der Waals surface area contributed by atoms with Gasteiger partial charge in [-0.15, -0.1) is 11.6 Å². The van der Waals surface area contributed by atoms with Crippen molar-refractivity contribution in [2.24, 2.45) is 0 Å². The summed E-state index contributed by atoms with van der Waals surface area (Å²) in [5.74, 6) is -0.145. The quantitative estimate of drug-likeness (QED) is 0.739. The van der Waals surface area contributed by atoms with Crippen LogP contribution in [0.5, 0.6) is 0 Å². The van der Waals surface area contributed by atoms with Gasteiger partial charge in [-0.1, -0.05) is 6.07 Å². The van der Waals surface area contributed by atoms with E-state index in [0.29, 0.717) is 18.5 Å². The second kappa shape index (κ2) is 6.34. The van der Waals surface area contributed by atoms with E-state index in [9.17, 15) is 4.39 Å². The number of nitrogens with zero attached hydrogens (tertiary/aromatic N) is 2. The molecule has 0 saturated heterocycles. The first-order valence-corrected chi connectivity index (χ1v) is 5.73. The fourth-order valence-corrected chi connectivity index (χ4v) is 1.87. The highest BCUT2D eigenvalue weighted by molar-refractivity contribution is 6.17. The number of hydrogen-bond donors (Lipinski definition) is 0. The van der Waals surface area contributed by atoms with Crippen LogP contribution >= 0.6 is 11.6 Å². The molecule has 2 nitrogen and oxygen atoms in total. The summed E-state index contributed by atoms with van der Waals surface area (Å²) >= 11 is 5.74. The average Bonchev–Trinajstić information content (AvgIpc) is 2.30. The van der Waals surface area contributed by atoms with Crippen LogP contribution in [0, 0.1) is 17.1 Å². The lowest BCUT2D eigenvalue weighted by Gasteiger charge is -2.24. The molecule has 1 aromatic rings. The Hall–Kier alpha value is -1.27. The molecule has 86 valence electrons. The van der Waals surface area contributed by atoms with E-state index in [1.807, 2.05) is 17.9 Å². The molecule has 0 aliphatic carbocycles. The van der Waals surface area contributed by atoms with Gasteiger partial charge in [0.1, 0.15) is 5.82 Å². The molecule has 0 atom stereocenters. The first-order valence-electron chi connectivity index (χ1n) is 5.19. The van der Waals surface area contributed by atoms with Gasteiger partial charge in [0.25, 0.3) is 0 Å². The highest BCUT2D eigenvalue weighted by Crippen LogP contribution is 2.24. The molecular formula is C12H14ClFN2. The van der Waals surface area contributed by atoms with Crippen LogP contribution in [-0.2, 0) is 5.88 Å². The van der Waals surface area contributed by atoms with Crippen molar-refractivity contribution >= 4 is 17.3 Å². The fourth-order valence-electron chi connectivity index (χ4n) is 1.61. The lowest BCUT2D eigenvalue weighted by molar-refractivity contribution is 0.615. The lowest BCUT2D eigenvalue weighted by Crippen LogP contribution is -2.25. The van der Waals surface area contributed by atoms with Crippen LogP contribution in [-0.4, -0.2) is 13.1 Å². The molecule has 0 spiro atoms. The van der Waals surface area contributed by atoms with Gasteiger partial charge in [0.15, 0.2) is 0 Å². The summed E-state index contributed by atoms with van der Waals surface area (Å²) in [5, 5.41) is 8.56. The van der Waals surface area contributed by atoms with Crippen molar-refractivity contribution < 1.29 is 4.39 Å². The third-order valence-electron chi connectivity index (χ3n) is 2.44. The number of nitriles is 1. The van der Waals surface area contributed by atoms with Crippen molar-refractivity contribution in [1.29, 1.82) is 5.26 Å². The van der Waals surface area contributed by atoms with Gasteiger partial charge in [-0.05, 0) is 19.1 Å². The van der Waals surface area contributed by atoms with E-state index in [1.165, 1.54) is 6.07 Å². The number of anilines is 1. The maximum Gasteiger partial charge on any atom is 0.129 e. The zero-order chi connectivity index (χ0) is 12.0. The van der Waals surface area contributed by atoms with Crippen molar-refractivity contribution in [3.63, 3.8) is 0 Å². The second-order valence-corrected chi connectivity index (χ2v) is 3.63. The van der Waals surface area contributed by atoms with Crippen LogP contribution < -0.4 is 4.90 Å². The van der Waals surface area contributed by atoms with E-state index < -0.39 is 0 Å². The third-order valence-corrected chi connectivity index (χ3v) is 2.71. The maximum absolute atomic E-state index is 13.5. The van der Waals surface area contributed by atoms with Crippen LogP contribution in [0.15, 0.2) is 18.2 Å². The standard InChI is InChI=1S/C12H14ClFN2/c1-2-16(8-4-7-15)12-6-3-5-11(14)10(12)9-13/h3,5-6H,2,4,8-9H2,1H3. The van der Waals surface area contributed by atoms with Gasteiger partial charge in [0, 0.05) is 24.3 Å². The maximum atomic E-state index is 13.5. The smallest absolute Gasteiger partial charge is 0.129 e. The van der Waals surface area contributed by atoms with Gasteiger partial charge < -0.3 is 4.90 Å². The van der Waals surface area contributed by atoms with Crippen molar-refractivity contribution in [3.05, 3.63) is 29.6 Å². The van der Waals surface area contributed by atoms with E-state index in [1.54, 1.807) is 6.07 Å².